The molecule has 2 aromatic heterocycles. The van der Waals surface area contributed by atoms with E-state index < -0.39 is 0 Å². The number of aromatic nitrogens is 1. The topological polar surface area (TPSA) is 16.9 Å². The number of fused-ring (bicyclic) bond motifs is 12. The number of hydrogen-bond acceptors (Lipinski definition) is 2. The first-order valence-corrected chi connectivity index (χ1v) is 19.3. The Bertz CT molecular complexity index is 2950. The van der Waals surface area contributed by atoms with Crippen LogP contribution in [0.3, 0.4) is 0 Å². The molecule has 0 fully saturated rings. The maximum absolute atomic E-state index is 6.54. The average molecular weight is 695 g/mol. The second kappa shape index (κ2) is 10.9. The van der Waals surface area contributed by atoms with Gasteiger partial charge in [0, 0.05) is 44.4 Å². The van der Waals surface area contributed by atoms with E-state index in [4.69, 9.17) is 4.74 Å². The molecule has 3 aliphatic carbocycles. The van der Waals surface area contributed by atoms with E-state index in [1.54, 1.807) is 0 Å². The summed E-state index contributed by atoms with van der Waals surface area (Å²) in [6, 6.07) is 47.5. The minimum atomic E-state index is -0.0985. The molecule has 0 amide bonds. The molecule has 6 aromatic carbocycles. The van der Waals surface area contributed by atoms with E-state index in [1.165, 1.54) is 83.1 Å². The fourth-order valence-electron chi connectivity index (χ4n) is 10.3. The van der Waals surface area contributed by atoms with Crippen LogP contribution in [0.1, 0.15) is 59.7 Å². The third kappa shape index (κ3) is 4.02. The third-order valence-electron chi connectivity index (χ3n) is 12.8. The smallest absolute Gasteiger partial charge is 0.128 e. The number of nitrogens with zero attached hydrogens (tertiary/aromatic N) is 2. The van der Waals surface area contributed by atoms with E-state index in [9.17, 15) is 0 Å². The Morgan fingerprint density at radius 1 is 0.667 bits per heavy atom. The second-order valence-electron chi connectivity index (χ2n) is 15.9. The zero-order valence-electron chi connectivity index (χ0n) is 30.4. The van der Waals surface area contributed by atoms with Gasteiger partial charge in [-0.25, -0.2) is 0 Å². The first-order valence-electron chi connectivity index (χ1n) is 19.3. The molecule has 0 bridgehead atoms. The molecule has 4 aliphatic rings. The summed E-state index contributed by atoms with van der Waals surface area (Å²) < 4.78 is 9.05. The molecule has 12 rings (SSSR count). The lowest BCUT2D eigenvalue weighted by atomic mass is 9.82. The summed E-state index contributed by atoms with van der Waals surface area (Å²) >= 11 is 0. The molecule has 3 nitrogen and oxygen atoms in total. The van der Waals surface area contributed by atoms with Crippen LogP contribution >= 0.6 is 0 Å². The van der Waals surface area contributed by atoms with Gasteiger partial charge in [-0.05, 0) is 106 Å². The molecule has 1 aliphatic heterocycles. The molecule has 0 spiro atoms. The summed E-state index contributed by atoms with van der Waals surface area (Å²) in [5.74, 6) is 1.13. The number of para-hydroxylation sites is 2. The van der Waals surface area contributed by atoms with Crippen molar-refractivity contribution in [3.63, 3.8) is 0 Å². The number of benzene rings is 6. The highest BCUT2D eigenvalue weighted by atomic mass is 16.5. The highest BCUT2D eigenvalue weighted by Gasteiger charge is 2.38. The van der Waals surface area contributed by atoms with Gasteiger partial charge in [0.05, 0.1) is 22.4 Å². The largest absolute Gasteiger partial charge is 0.485 e. The van der Waals surface area contributed by atoms with Gasteiger partial charge in [-0.1, -0.05) is 117 Å². The highest BCUT2D eigenvalue weighted by Crippen LogP contribution is 2.53. The summed E-state index contributed by atoms with van der Waals surface area (Å²) in [5.41, 5.74) is 18.2. The standard InChI is InChI=1S/C51H38N2O/c1-51(2)42-16-6-3-11-35(42)36-28-26-34(30-43(36)51)52(45-18-10-20-48-49(45)41-13-5-8-19-47(41)54-48)33-24-21-31(22-25-33)32-23-27-38-40-15-9-14-39-37-12-4-7-17-44(37)53(50(39)40)46(38)29-32/h3-22,24-26,28-30,41,47H,23,27H2,1-2H3. The monoisotopic (exact) mass is 694 g/mol. The number of rotatable bonds is 4. The normalized spacial score (nSPS) is 18.7. The molecule has 258 valence electrons. The lowest BCUT2D eigenvalue weighted by Crippen LogP contribution is -2.18. The molecule has 0 N–H and O–H groups in total. The van der Waals surface area contributed by atoms with Gasteiger partial charge in [-0.3, -0.25) is 0 Å². The van der Waals surface area contributed by atoms with Gasteiger partial charge in [-0.2, -0.15) is 0 Å². The molecular formula is C51H38N2O. The van der Waals surface area contributed by atoms with Crippen molar-refractivity contribution >= 4 is 55.9 Å². The van der Waals surface area contributed by atoms with Gasteiger partial charge in [0.2, 0.25) is 0 Å². The van der Waals surface area contributed by atoms with Crippen LogP contribution in [0.5, 0.6) is 5.75 Å². The molecule has 3 heteroatoms. The minimum absolute atomic E-state index is 0.0154. The predicted octanol–water partition coefficient (Wildman–Crippen LogP) is 12.9. The zero-order valence-corrected chi connectivity index (χ0v) is 30.4. The Morgan fingerprint density at radius 3 is 2.35 bits per heavy atom. The van der Waals surface area contributed by atoms with Gasteiger partial charge in [0.25, 0.3) is 0 Å². The van der Waals surface area contributed by atoms with Crippen LogP contribution < -0.4 is 9.64 Å². The van der Waals surface area contributed by atoms with Gasteiger partial charge in [0.1, 0.15) is 11.9 Å². The Kier molecular flexibility index (Phi) is 6.07. The maximum atomic E-state index is 6.54. The fourth-order valence-corrected chi connectivity index (χ4v) is 10.3. The van der Waals surface area contributed by atoms with Crippen LogP contribution in [0.25, 0.3) is 50.0 Å². The molecule has 8 aromatic rings. The number of anilines is 3. The fraction of sp³-hybridized carbons (Fsp3) is 0.137. The SMILES string of the molecule is CC1(C)c2ccccc2-c2ccc(N(c3ccc(C4=Cc5c(c6cccc7c8ccccc8n5c67)CC4)cc3)c3cccc4c3C3C=CC=CC3O4)cc21. The van der Waals surface area contributed by atoms with Crippen molar-refractivity contribution in [1.82, 2.24) is 4.40 Å². The first kappa shape index (κ1) is 30.2. The number of ether oxygens (including phenoxy) is 1. The van der Waals surface area contributed by atoms with E-state index in [1.807, 2.05) is 0 Å². The van der Waals surface area contributed by atoms with Gasteiger partial charge < -0.3 is 14.0 Å². The van der Waals surface area contributed by atoms with Crippen molar-refractivity contribution in [3.8, 4) is 16.9 Å². The number of hydrogen-bond donors (Lipinski definition) is 0. The minimum Gasteiger partial charge on any atom is -0.485 e. The molecule has 0 saturated carbocycles. The summed E-state index contributed by atoms with van der Waals surface area (Å²) in [6.45, 7) is 4.73. The molecule has 3 heterocycles. The zero-order chi connectivity index (χ0) is 35.7. The number of allylic oxidation sites excluding steroid dienone is 3. The quantitative estimate of drug-likeness (QED) is 0.182. The number of aryl methyl sites for hydroxylation is 1. The van der Waals surface area contributed by atoms with E-state index in [-0.39, 0.29) is 17.4 Å². The molecule has 2 unspecified atom stereocenters. The van der Waals surface area contributed by atoms with E-state index >= 15 is 0 Å². The van der Waals surface area contributed by atoms with Crippen LogP contribution in [0.2, 0.25) is 0 Å². The Labute approximate surface area is 315 Å². The Hall–Kier alpha value is -6.32. The Balaban J connectivity index is 1.00. The van der Waals surface area contributed by atoms with E-state index in [0.29, 0.717) is 0 Å². The molecule has 0 saturated heterocycles. The van der Waals surface area contributed by atoms with Crippen LogP contribution in [0.15, 0.2) is 152 Å². The first-order chi connectivity index (χ1) is 26.5. The van der Waals surface area contributed by atoms with Gasteiger partial charge in [0.15, 0.2) is 0 Å². The molecule has 2 atom stereocenters. The third-order valence-corrected chi connectivity index (χ3v) is 12.8. The van der Waals surface area contributed by atoms with Crippen LogP contribution in [-0.4, -0.2) is 10.5 Å². The van der Waals surface area contributed by atoms with Crippen molar-refractivity contribution in [3.05, 3.63) is 185 Å². The van der Waals surface area contributed by atoms with Crippen molar-refractivity contribution in [2.75, 3.05) is 4.90 Å². The average Bonchev–Trinajstić information content (AvgIpc) is 3.93. The van der Waals surface area contributed by atoms with Crippen LogP contribution in [0, 0.1) is 0 Å². The highest BCUT2D eigenvalue weighted by molar-refractivity contribution is 6.16. The van der Waals surface area contributed by atoms with Gasteiger partial charge in [-0.15, -0.1) is 0 Å². The van der Waals surface area contributed by atoms with Crippen molar-refractivity contribution in [1.29, 1.82) is 0 Å². The molecule has 0 radical (unpaired) electrons. The predicted molar refractivity (Wildman–Crippen MR) is 224 cm³/mol. The summed E-state index contributed by atoms with van der Waals surface area (Å²) in [7, 11) is 0. The summed E-state index contributed by atoms with van der Waals surface area (Å²) in [5, 5.41) is 4.07. The molecular weight excluding hydrogens is 657 g/mol. The summed E-state index contributed by atoms with van der Waals surface area (Å²) in [6.07, 6.45) is 13.3. The lowest BCUT2D eigenvalue weighted by molar-refractivity contribution is 0.269. The van der Waals surface area contributed by atoms with E-state index in [0.717, 1.165) is 30.0 Å². The maximum Gasteiger partial charge on any atom is 0.128 e. The molecule has 54 heavy (non-hydrogen) atoms. The second-order valence-corrected chi connectivity index (χ2v) is 15.9. The van der Waals surface area contributed by atoms with Crippen LogP contribution in [0.4, 0.5) is 17.1 Å². The lowest BCUT2D eigenvalue weighted by Gasteiger charge is -2.30. The summed E-state index contributed by atoms with van der Waals surface area (Å²) in [4.78, 5) is 2.46. The van der Waals surface area contributed by atoms with Gasteiger partial charge >= 0.3 is 0 Å². The van der Waals surface area contributed by atoms with Crippen LogP contribution in [-0.2, 0) is 11.8 Å². The van der Waals surface area contributed by atoms with Crippen molar-refractivity contribution in [2.24, 2.45) is 0 Å². The Morgan fingerprint density at radius 2 is 1.43 bits per heavy atom. The van der Waals surface area contributed by atoms with Crippen molar-refractivity contribution in [2.45, 2.75) is 44.1 Å². The van der Waals surface area contributed by atoms with E-state index in [2.05, 4.69) is 181 Å². The van der Waals surface area contributed by atoms with Crippen molar-refractivity contribution < 1.29 is 4.74 Å².